The van der Waals surface area contributed by atoms with E-state index < -0.39 is 5.97 Å². The van der Waals surface area contributed by atoms with E-state index in [1.807, 2.05) is 26.0 Å². The molecule has 126 valence electrons. The second kappa shape index (κ2) is 8.15. The molecule has 0 bridgehead atoms. The van der Waals surface area contributed by atoms with E-state index in [9.17, 15) is 14.7 Å². The Bertz CT molecular complexity index is 740. The lowest BCUT2D eigenvalue weighted by Gasteiger charge is -2.13. The molecule has 0 unspecified atom stereocenters. The lowest BCUT2D eigenvalue weighted by atomic mass is 10.0. The molecule has 0 fully saturated rings. The number of carbonyl (C=O) groups excluding carboxylic acids is 1. The maximum absolute atomic E-state index is 12.3. The van der Waals surface area contributed by atoms with Crippen molar-refractivity contribution in [2.24, 2.45) is 0 Å². The molecule has 0 radical (unpaired) electrons. The van der Waals surface area contributed by atoms with E-state index in [1.165, 1.54) is 6.07 Å². The van der Waals surface area contributed by atoms with Crippen molar-refractivity contribution in [3.05, 3.63) is 59.2 Å². The smallest absolute Gasteiger partial charge is 0.335 e. The molecule has 0 spiro atoms. The van der Waals surface area contributed by atoms with Gasteiger partial charge in [-0.2, -0.15) is 0 Å². The third-order valence-corrected chi connectivity index (χ3v) is 3.47. The van der Waals surface area contributed by atoms with Gasteiger partial charge in [0.15, 0.2) is 0 Å². The Balaban J connectivity index is 2.14. The molecule has 2 N–H and O–H groups in total. The van der Waals surface area contributed by atoms with Crippen LogP contribution in [0.5, 0.6) is 5.75 Å². The second-order valence-electron chi connectivity index (χ2n) is 5.54. The first kappa shape index (κ1) is 17.5. The summed E-state index contributed by atoms with van der Waals surface area (Å²) in [6.45, 7) is 4.53. The van der Waals surface area contributed by atoms with Gasteiger partial charge < -0.3 is 15.2 Å². The number of rotatable bonds is 7. The molecule has 0 saturated heterocycles. The fourth-order valence-corrected chi connectivity index (χ4v) is 2.31. The molecule has 0 aliphatic carbocycles. The largest absolute Gasteiger partial charge is 0.491 e. The molecule has 0 aliphatic heterocycles. The molecular formula is C19H21NO4. The molecule has 2 aromatic rings. The highest BCUT2D eigenvalue weighted by Gasteiger charge is 2.14. The van der Waals surface area contributed by atoms with Crippen molar-refractivity contribution in [2.45, 2.75) is 26.7 Å². The van der Waals surface area contributed by atoms with Crippen LogP contribution < -0.4 is 10.1 Å². The molecule has 2 rings (SSSR count). The number of aryl methyl sites for hydroxylation is 1. The van der Waals surface area contributed by atoms with E-state index >= 15 is 0 Å². The first-order chi connectivity index (χ1) is 11.5. The van der Waals surface area contributed by atoms with Crippen molar-refractivity contribution in [1.82, 2.24) is 0 Å². The monoisotopic (exact) mass is 327 g/mol. The Labute approximate surface area is 141 Å². The topological polar surface area (TPSA) is 75.6 Å². The third kappa shape index (κ3) is 4.59. The van der Waals surface area contributed by atoms with Gasteiger partial charge >= 0.3 is 5.97 Å². The number of carboxylic acid groups (broad SMARTS) is 1. The summed E-state index contributed by atoms with van der Waals surface area (Å²) in [5.41, 5.74) is 2.24. The Morgan fingerprint density at radius 1 is 1.17 bits per heavy atom. The zero-order chi connectivity index (χ0) is 17.5. The van der Waals surface area contributed by atoms with Gasteiger partial charge in [0, 0.05) is 0 Å². The zero-order valence-electron chi connectivity index (χ0n) is 13.8. The zero-order valence-corrected chi connectivity index (χ0v) is 13.8. The number of hydrogen-bond acceptors (Lipinski definition) is 3. The molecule has 0 heterocycles. The molecule has 0 atom stereocenters. The van der Waals surface area contributed by atoms with Crippen LogP contribution in [-0.2, 0) is 11.2 Å². The van der Waals surface area contributed by atoms with Crippen molar-refractivity contribution < 1.29 is 19.4 Å². The maximum Gasteiger partial charge on any atom is 0.335 e. The average Bonchev–Trinajstić information content (AvgIpc) is 2.55. The van der Waals surface area contributed by atoms with Crippen LogP contribution in [-0.4, -0.2) is 23.6 Å². The van der Waals surface area contributed by atoms with Crippen LogP contribution in [0.25, 0.3) is 0 Å². The highest BCUT2D eigenvalue weighted by molar-refractivity contribution is 5.96. The van der Waals surface area contributed by atoms with Gasteiger partial charge in [-0.15, -0.1) is 0 Å². The standard InChI is InChI=1S/C19H21NO4/c1-3-10-24-17-11-13(2)8-9-16(17)20-18(21)12-14-6-4-5-7-15(14)19(22)23/h4-9,11H,3,10,12H2,1-2H3,(H,20,21)(H,22,23). The number of benzene rings is 2. The van der Waals surface area contributed by atoms with Gasteiger partial charge in [0.1, 0.15) is 5.75 Å². The van der Waals surface area contributed by atoms with Crippen molar-refractivity contribution >= 4 is 17.6 Å². The number of ether oxygens (including phenoxy) is 1. The Hall–Kier alpha value is -2.82. The summed E-state index contributed by atoms with van der Waals surface area (Å²) in [5.74, 6) is -0.702. The summed E-state index contributed by atoms with van der Waals surface area (Å²) in [5, 5.41) is 12.0. The molecule has 2 aromatic carbocycles. The van der Waals surface area contributed by atoms with Gasteiger partial charge in [-0.3, -0.25) is 4.79 Å². The van der Waals surface area contributed by atoms with E-state index in [0.717, 1.165) is 12.0 Å². The maximum atomic E-state index is 12.3. The average molecular weight is 327 g/mol. The minimum atomic E-state index is -1.04. The van der Waals surface area contributed by atoms with Crippen molar-refractivity contribution in [3.63, 3.8) is 0 Å². The van der Waals surface area contributed by atoms with Crippen LogP contribution in [0.1, 0.15) is 34.8 Å². The number of amides is 1. The highest BCUT2D eigenvalue weighted by atomic mass is 16.5. The van der Waals surface area contributed by atoms with E-state index in [0.29, 0.717) is 23.6 Å². The van der Waals surface area contributed by atoms with Crippen molar-refractivity contribution in [2.75, 3.05) is 11.9 Å². The first-order valence-electron chi connectivity index (χ1n) is 7.85. The van der Waals surface area contributed by atoms with Gasteiger partial charge in [-0.05, 0) is 42.7 Å². The molecule has 0 aliphatic rings. The summed E-state index contributed by atoms with van der Waals surface area (Å²) in [7, 11) is 0. The van der Waals surface area contributed by atoms with Crippen LogP contribution in [0.3, 0.4) is 0 Å². The summed E-state index contributed by atoms with van der Waals surface area (Å²) >= 11 is 0. The van der Waals surface area contributed by atoms with Crippen LogP contribution >= 0.6 is 0 Å². The van der Waals surface area contributed by atoms with Crippen molar-refractivity contribution in [3.8, 4) is 5.75 Å². The SMILES string of the molecule is CCCOc1cc(C)ccc1NC(=O)Cc1ccccc1C(=O)O. The van der Waals surface area contributed by atoms with E-state index in [2.05, 4.69) is 5.32 Å². The fraction of sp³-hybridized carbons (Fsp3) is 0.263. The normalized spacial score (nSPS) is 10.2. The Morgan fingerprint density at radius 2 is 1.92 bits per heavy atom. The van der Waals surface area contributed by atoms with E-state index in [1.54, 1.807) is 24.3 Å². The lowest BCUT2D eigenvalue weighted by Crippen LogP contribution is -2.17. The van der Waals surface area contributed by atoms with E-state index in [-0.39, 0.29) is 17.9 Å². The predicted octanol–water partition coefficient (Wildman–Crippen LogP) is 3.66. The van der Waals surface area contributed by atoms with Crippen LogP contribution in [0.15, 0.2) is 42.5 Å². The summed E-state index contributed by atoms with van der Waals surface area (Å²) in [6, 6.07) is 12.1. The van der Waals surface area contributed by atoms with E-state index in [4.69, 9.17) is 4.74 Å². The lowest BCUT2D eigenvalue weighted by molar-refractivity contribution is -0.115. The van der Waals surface area contributed by atoms with Crippen LogP contribution in [0, 0.1) is 6.92 Å². The number of carbonyl (C=O) groups is 2. The second-order valence-corrected chi connectivity index (χ2v) is 5.54. The number of carboxylic acids is 1. The molecule has 5 heteroatoms. The van der Waals surface area contributed by atoms with Crippen LogP contribution in [0.2, 0.25) is 0 Å². The molecule has 1 amide bonds. The van der Waals surface area contributed by atoms with Gasteiger partial charge in [0.25, 0.3) is 0 Å². The van der Waals surface area contributed by atoms with Gasteiger partial charge in [-0.25, -0.2) is 4.79 Å². The number of nitrogens with one attached hydrogen (secondary N) is 1. The number of hydrogen-bond donors (Lipinski definition) is 2. The summed E-state index contributed by atoms with van der Waals surface area (Å²) in [4.78, 5) is 23.5. The minimum Gasteiger partial charge on any atom is -0.491 e. The molecule has 0 aromatic heterocycles. The summed E-state index contributed by atoms with van der Waals surface area (Å²) in [6.07, 6.45) is 0.858. The fourth-order valence-electron chi connectivity index (χ4n) is 2.31. The highest BCUT2D eigenvalue weighted by Crippen LogP contribution is 2.26. The Kier molecular flexibility index (Phi) is 5.95. The van der Waals surface area contributed by atoms with Crippen molar-refractivity contribution in [1.29, 1.82) is 0 Å². The number of aromatic carboxylic acids is 1. The first-order valence-corrected chi connectivity index (χ1v) is 7.85. The van der Waals surface area contributed by atoms with Crippen LogP contribution in [0.4, 0.5) is 5.69 Å². The number of anilines is 1. The quantitative estimate of drug-likeness (QED) is 0.813. The van der Waals surface area contributed by atoms with Gasteiger partial charge in [-0.1, -0.05) is 31.2 Å². The predicted molar refractivity (Wildman–Crippen MR) is 92.7 cm³/mol. The molecule has 0 saturated carbocycles. The Morgan fingerprint density at radius 3 is 2.62 bits per heavy atom. The molecular weight excluding hydrogens is 306 g/mol. The molecule has 5 nitrogen and oxygen atoms in total. The third-order valence-electron chi connectivity index (χ3n) is 3.47. The van der Waals surface area contributed by atoms with Gasteiger partial charge in [0.05, 0.1) is 24.3 Å². The summed E-state index contributed by atoms with van der Waals surface area (Å²) < 4.78 is 5.67. The molecule has 24 heavy (non-hydrogen) atoms. The minimum absolute atomic E-state index is 0.0103. The van der Waals surface area contributed by atoms with Gasteiger partial charge in [0.2, 0.25) is 5.91 Å².